The third-order valence-electron chi connectivity index (χ3n) is 2.47. The summed E-state index contributed by atoms with van der Waals surface area (Å²) in [5, 5.41) is 16.0. The molecule has 2 aromatic rings. The van der Waals surface area contributed by atoms with Gasteiger partial charge in [-0.25, -0.2) is 4.79 Å². The number of carboxylic acids is 1. The van der Waals surface area contributed by atoms with E-state index >= 15 is 0 Å². The Morgan fingerprint density at radius 3 is 2.78 bits per heavy atom. The Bertz CT molecular complexity index is 533. The van der Waals surface area contributed by atoms with Gasteiger partial charge in [0.2, 0.25) is 0 Å². The van der Waals surface area contributed by atoms with Gasteiger partial charge in [-0.05, 0) is 12.1 Å². The smallest absolute Gasteiger partial charge is 0.337 e. The van der Waals surface area contributed by atoms with Gasteiger partial charge in [-0.15, -0.1) is 0 Å². The van der Waals surface area contributed by atoms with Gasteiger partial charge in [0.05, 0.1) is 17.5 Å². The van der Waals surface area contributed by atoms with Gasteiger partial charge in [-0.1, -0.05) is 0 Å². The Kier molecular flexibility index (Phi) is 3.69. The van der Waals surface area contributed by atoms with Crippen LogP contribution in [0.5, 0.6) is 0 Å². The van der Waals surface area contributed by atoms with Crippen LogP contribution in [0.2, 0.25) is 0 Å². The van der Waals surface area contributed by atoms with E-state index in [9.17, 15) is 4.79 Å². The summed E-state index contributed by atoms with van der Waals surface area (Å²) in [4.78, 5) is 14.7. The number of aromatic carboxylic acids is 1. The minimum atomic E-state index is -0.961. The molecule has 0 saturated heterocycles. The minimum Gasteiger partial charge on any atom is -0.478 e. The van der Waals surface area contributed by atoms with Crippen molar-refractivity contribution in [3.63, 3.8) is 0 Å². The van der Waals surface area contributed by atoms with Crippen molar-refractivity contribution in [1.82, 2.24) is 20.1 Å². The molecular weight excluding hydrogens is 232 g/mol. The molecule has 0 spiro atoms. The number of hydrogen-bond donors (Lipinski definition) is 2. The molecule has 0 radical (unpaired) electrons. The van der Waals surface area contributed by atoms with Crippen molar-refractivity contribution in [2.75, 3.05) is 0 Å². The summed E-state index contributed by atoms with van der Waals surface area (Å²) >= 11 is 0. The number of rotatable bonds is 5. The van der Waals surface area contributed by atoms with Crippen LogP contribution in [-0.2, 0) is 20.1 Å². The lowest BCUT2D eigenvalue weighted by Gasteiger charge is -2.02. The Balaban J connectivity index is 1.85. The van der Waals surface area contributed by atoms with E-state index in [1.165, 1.54) is 6.20 Å². The number of nitrogens with one attached hydrogen (secondary N) is 1. The highest BCUT2D eigenvalue weighted by molar-refractivity contribution is 5.87. The van der Waals surface area contributed by atoms with Crippen LogP contribution in [0, 0.1) is 0 Å². The van der Waals surface area contributed by atoms with Crippen LogP contribution < -0.4 is 5.32 Å². The summed E-state index contributed by atoms with van der Waals surface area (Å²) in [5.41, 5.74) is 2.11. The number of aromatic nitrogens is 3. The quantitative estimate of drug-likeness (QED) is 0.815. The number of aryl methyl sites for hydroxylation is 1. The molecule has 0 aromatic carbocycles. The van der Waals surface area contributed by atoms with Crippen molar-refractivity contribution < 1.29 is 9.90 Å². The van der Waals surface area contributed by atoms with Gasteiger partial charge in [0.1, 0.15) is 0 Å². The van der Waals surface area contributed by atoms with Crippen molar-refractivity contribution in [1.29, 1.82) is 0 Å². The monoisotopic (exact) mass is 246 g/mol. The lowest BCUT2D eigenvalue weighted by Crippen LogP contribution is -2.13. The normalized spacial score (nSPS) is 10.5. The molecule has 2 rings (SSSR count). The van der Waals surface area contributed by atoms with Crippen molar-refractivity contribution in [3.05, 3.63) is 47.5 Å². The summed E-state index contributed by atoms with van der Waals surface area (Å²) in [6.45, 7) is 1.30. The second-order valence-electron chi connectivity index (χ2n) is 3.97. The summed E-state index contributed by atoms with van der Waals surface area (Å²) < 4.78 is 1.75. The van der Waals surface area contributed by atoms with E-state index in [0.29, 0.717) is 13.1 Å². The summed E-state index contributed by atoms with van der Waals surface area (Å²) in [5.74, 6) is -0.961. The Morgan fingerprint density at radius 1 is 1.39 bits per heavy atom. The molecule has 0 fully saturated rings. The molecule has 18 heavy (non-hydrogen) atoms. The van der Waals surface area contributed by atoms with Crippen molar-refractivity contribution in [2.45, 2.75) is 13.1 Å². The minimum absolute atomic E-state index is 0.200. The van der Waals surface area contributed by atoms with Crippen molar-refractivity contribution in [2.24, 2.45) is 7.05 Å². The first-order chi connectivity index (χ1) is 8.65. The molecule has 0 aliphatic heterocycles. The molecule has 94 valence electrons. The van der Waals surface area contributed by atoms with Crippen LogP contribution in [0.25, 0.3) is 0 Å². The summed E-state index contributed by atoms with van der Waals surface area (Å²) in [6.07, 6.45) is 5.10. The molecule has 0 unspecified atom stereocenters. The van der Waals surface area contributed by atoms with Crippen LogP contribution in [-0.4, -0.2) is 25.8 Å². The van der Waals surface area contributed by atoms with Crippen LogP contribution in [0.3, 0.4) is 0 Å². The molecule has 0 aliphatic carbocycles. The summed E-state index contributed by atoms with van der Waals surface area (Å²) in [7, 11) is 1.87. The van der Waals surface area contributed by atoms with Gasteiger partial charge >= 0.3 is 5.97 Å². The maximum absolute atomic E-state index is 10.6. The van der Waals surface area contributed by atoms with Gasteiger partial charge in [0.15, 0.2) is 0 Å². The molecule has 0 bridgehead atoms. The fourth-order valence-corrected chi connectivity index (χ4v) is 1.55. The number of nitrogens with zero attached hydrogens (tertiary/aromatic N) is 3. The van der Waals surface area contributed by atoms with E-state index in [0.717, 1.165) is 11.3 Å². The van der Waals surface area contributed by atoms with Gasteiger partial charge in [0, 0.05) is 38.1 Å². The zero-order chi connectivity index (χ0) is 13.0. The summed E-state index contributed by atoms with van der Waals surface area (Å²) in [6, 6.07) is 3.26. The van der Waals surface area contributed by atoms with Crippen molar-refractivity contribution >= 4 is 5.97 Å². The highest BCUT2D eigenvalue weighted by Crippen LogP contribution is 2.01. The zero-order valence-electron chi connectivity index (χ0n) is 10.00. The predicted octanol–water partition coefficient (Wildman–Crippen LogP) is 0.803. The second kappa shape index (κ2) is 5.42. The molecule has 0 amide bonds. The van der Waals surface area contributed by atoms with E-state index < -0.39 is 5.97 Å². The molecular formula is C12H14N4O2. The second-order valence-corrected chi connectivity index (χ2v) is 3.97. The van der Waals surface area contributed by atoms with Gasteiger partial charge in [-0.2, -0.15) is 5.10 Å². The fourth-order valence-electron chi connectivity index (χ4n) is 1.55. The zero-order valence-corrected chi connectivity index (χ0v) is 10.00. The standard InChI is InChI=1S/C12H14N4O2/c1-16-8-9(5-15-16)4-13-7-11-3-2-10(6-14-11)12(17)18/h2-3,5-6,8,13H,4,7H2,1H3,(H,17,18). The fraction of sp³-hybridized carbons (Fsp3) is 0.250. The number of carboxylic acid groups (broad SMARTS) is 1. The topological polar surface area (TPSA) is 80.0 Å². The lowest BCUT2D eigenvalue weighted by atomic mass is 10.2. The first kappa shape index (κ1) is 12.3. The van der Waals surface area contributed by atoms with E-state index in [-0.39, 0.29) is 5.56 Å². The number of pyridine rings is 1. The van der Waals surface area contributed by atoms with Crippen molar-refractivity contribution in [3.8, 4) is 0 Å². The van der Waals surface area contributed by atoms with Crippen LogP contribution in [0.1, 0.15) is 21.6 Å². The molecule has 6 nitrogen and oxygen atoms in total. The molecule has 0 aliphatic rings. The lowest BCUT2D eigenvalue weighted by molar-refractivity contribution is 0.0696. The van der Waals surface area contributed by atoms with E-state index in [2.05, 4.69) is 15.4 Å². The maximum atomic E-state index is 10.6. The Hall–Kier alpha value is -2.21. The third-order valence-corrected chi connectivity index (χ3v) is 2.47. The van der Waals surface area contributed by atoms with Gasteiger partial charge in [0.25, 0.3) is 0 Å². The van der Waals surface area contributed by atoms with E-state index in [1.54, 1.807) is 23.0 Å². The predicted molar refractivity (Wildman–Crippen MR) is 64.9 cm³/mol. The van der Waals surface area contributed by atoms with E-state index in [1.807, 2.05) is 13.2 Å². The van der Waals surface area contributed by atoms with Crippen LogP contribution in [0.15, 0.2) is 30.7 Å². The van der Waals surface area contributed by atoms with E-state index in [4.69, 9.17) is 5.11 Å². The molecule has 0 atom stereocenters. The molecule has 0 saturated carbocycles. The Labute approximate surface area is 104 Å². The molecule has 6 heteroatoms. The molecule has 2 aromatic heterocycles. The molecule has 2 heterocycles. The first-order valence-electron chi connectivity index (χ1n) is 5.51. The maximum Gasteiger partial charge on any atom is 0.337 e. The Morgan fingerprint density at radius 2 is 2.22 bits per heavy atom. The highest BCUT2D eigenvalue weighted by Gasteiger charge is 2.02. The van der Waals surface area contributed by atoms with Crippen LogP contribution in [0.4, 0.5) is 0 Å². The van der Waals surface area contributed by atoms with Gasteiger partial charge < -0.3 is 10.4 Å². The average molecular weight is 246 g/mol. The number of hydrogen-bond acceptors (Lipinski definition) is 4. The largest absolute Gasteiger partial charge is 0.478 e. The first-order valence-corrected chi connectivity index (χ1v) is 5.51. The average Bonchev–Trinajstić information content (AvgIpc) is 2.76. The third kappa shape index (κ3) is 3.14. The number of carbonyl (C=O) groups is 1. The van der Waals surface area contributed by atoms with Gasteiger partial charge in [-0.3, -0.25) is 9.67 Å². The highest BCUT2D eigenvalue weighted by atomic mass is 16.4. The molecule has 2 N–H and O–H groups in total. The SMILES string of the molecule is Cn1cc(CNCc2ccc(C(=O)O)cn2)cn1. The van der Waals surface area contributed by atoms with Crippen LogP contribution >= 0.6 is 0 Å².